The molecule has 1 heterocycles. The molecule has 9 heteroatoms. The van der Waals surface area contributed by atoms with E-state index in [-0.39, 0.29) is 11.7 Å². The first-order valence-corrected chi connectivity index (χ1v) is 12.8. The van der Waals surface area contributed by atoms with E-state index in [1.54, 1.807) is 26.5 Å². The summed E-state index contributed by atoms with van der Waals surface area (Å²) in [5, 5.41) is 13.8. The van der Waals surface area contributed by atoms with Gasteiger partial charge in [0.15, 0.2) is 22.5 Å². The molecule has 8 nitrogen and oxygen atoms in total. The Morgan fingerprint density at radius 2 is 1.89 bits per heavy atom. The smallest absolute Gasteiger partial charge is 0.250 e. The molecule has 1 aromatic heterocycles. The average molecular weight is 494 g/mol. The number of amides is 1. The number of aryl methyl sites for hydroxylation is 1. The first-order chi connectivity index (χ1) is 17.1. The van der Waals surface area contributed by atoms with Gasteiger partial charge in [0, 0.05) is 17.2 Å². The van der Waals surface area contributed by atoms with E-state index < -0.39 is 0 Å². The SMILES string of the molecule is COc1cccc(/C=N\NC(=O)CSc2nnc(-c3ccc(C)cc3)n2C2CCCCC2)c1OC. The van der Waals surface area contributed by atoms with Crippen molar-refractivity contribution in [2.45, 2.75) is 50.2 Å². The van der Waals surface area contributed by atoms with E-state index in [0.29, 0.717) is 23.1 Å². The van der Waals surface area contributed by atoms with Gasteiger partial charge in [0.25, 0.3) is 5.91 Å². The van der Waals surface area contributed by atoms with Crippen LogP contribution in [-0.2, 0) is 4.79 Å². The zero-order valence-electron chi connectivity index (χ0n) is 20.4. The maximum atomic E-state index is 12.5. The average Bonchev–Trinajstić information content (AvgIpc) is 3.32. The number of ether oxygens (including phenoxy) is 2. The fourth-order valence-electron chi connectivity index (χ4n) is 4.29. The van der Waals surface area contributed by atoms with Crippen LogP contribution in [0.1, 0.15) is 49.3 Å². The zero-order valence-corrected chi connectivity index (χ0v) is 21.2. The lowest BCUT2D eigenvalue weighted by atomic mass is 9.95. The number of hydrogen-bond acceptors (Lipinski definition) is 7. The summed E-state index contributed by atoms with van der Waals surface area (Å²) in [6, 6.07) is 14.2. The van der Waals surface area contributed by atoms with Gasteiger partial charge in [-0.15, -0.1) is 10.2 Å². The minimum Gasteiger partial charge on any atom is -0.493 e. The van der Waals surface area contributed by atoms with Crippen molar-refractivity contribution in [2.24, 2.45) is 5.10 Å². The van der Waals surface area contributed by atoms with Gasteiger partial charge in [0.2, 0.25) is 0 Å². The van der Waals surface area contributed by atoms with Crippen LogP contribution in [0.5, 0.6) is 11.5 Å². The Hall–Kier alpha value is -3.33. The van der Waals surface area contributed by atoms with E-state index in [2.05, 4.69) is 56.5 Å². The van der Waals surface area contributed by atoms with Crippen LogP contribution in [0.25, 0.3) is 11.4 Å². The molecule has 0 atom stereocenters. The molecule has 1 amide bonds. The van der Waals surface area contributed by atoms with E-state index in [1.165, 1.54) is 36.6 Å². The van der Waals surface area contributed by atoms with Crippen molar-refractivity contribution in [1.29, 1.82) is 0 Å². The highest BCUT2D eigenvalue weighted by Gasteiger charge is 2.24. The van der Waals surface area contributed by atoms with Crippen LogP contribution in [0.2, 0.25) is 0 Å². The van der Waals surface area contributed by atoms with Crippen LogP contribution in [0.3, 0.4) is 0 Å². The quantitative estimate of drug-likeness (QED) is 0.256. The minimum absolute atomic E-state index is 0.186. The van der Waals surface area contributed by atoms with Crippen LogP contribution in [0.15, 0.2) is 52.7 Å². The molecule has 4 rings (SSSR count). The molecule has 0 radical (unpaired) electrons. The monoisotopic (exact) mass is 493 g/mol. The molecular formula is C26H31N5O3S. The highest BCUT2D eigenvalue weighted by molar-refractivity contribution is 7.99. The zero-order chi connectivity index (χ0) is 24.6. The Kier molecular flexibility index (Phi) is 8.41. The number of methoxy groups -OCH3 is 2. The number of para-hydroxylation sites is 1. The molecule has 1 N–H and O–H groups in total. The maximum Gasteiger partial charge on any atom is 0.250 e. The second kappa shape index (κ2) is 11.9. The fraction of sp³-hybridized carbons (Fsp3) is 0.385. The summed E-state index contributed by atoms with van der Waals surface area (Å²) in [4.78, 5) is 12.5. The van der Waals surface area contributed by atoms with Crippen molar-refractivity contribution in [3.8, 4) is 22.9 Å². The van der Waals surface area contributed by atoms with E-state index in [0.717, 1.165) is 29.4 Å². The first-order valence-electron chi connectivity index (χ1n) is 11.8. The standard InChI is InChI=1S/C26H31N5O3S/c1-18-12-14-19(15-13-18)25-29-30-26(31(25)21-9-5-4-6-10-21)35-17-23(32)28-27-16-20-8-7-11-22(33-2)24(20)34-3/h7-8,11-16,21H,4-6,9-10,17H2,1-3H3,(H,28,32)/b27-16-. The Labute approximate surface area is 210 Å². The Balaban J connectivity index is 1.45. The molecule has 35 heavy (non-hydrogen) atoms. The molecule has 0 aliphatic heterocycles. The largest absolute Gasteiger partial charge is 0.493 e. The summed E-state index contributed by atoms with van der Waals surface area (Å²) in [5.74, 6) is 1.99. The predicted octanol–water partition coefficient (Wildman–Crippen LogP) is 5.02. The van der Waals surface area contributed by atoms with E-state index in [9.17, 15) is 4.79 Å². The highest BCUT2D eigenvalue weighted by atomic mass is 32.2. The molecule has 1 fully saturated rings. The Morgan fingerprint density at radius 1 is 1.11 bits per heavy atom. The summed E-state index contributed by atoms with van der Waals surface area (Å²) in [6.45, 7) is 2.07. The normalized spacial score (nSPS) is 14.3. The molecule has 1 aliphatic carbocycles. The Morgan fingerprint density at radius 3 is 2.60 bits per heavy atom. The number of benzene rings is 2. The molecule has 184 valence electrons. The van der Waals surface area contributed by atoms with Crippen LogP contribution in [-0.4, -0.2) is 46.9 Å². The number of nitrogens with one attached hydrogen (secondary N) is 1. The summed E-state index contributed by atoms with van der Waals surface area (Å²) in [5.41, 5.74) is 5.55. The van der Waals surface area contributed by atoms with Gasteiger partial charge < -0.3 is 9.47 Å². The van der Waals surface area contributed by atoms with Crippen LogP contribution in [0.4, 0.5) is 0 Å². The molecule has 1 aliphatic rings. The lowest BCUT2D eigenvalue weighted by molar-refractivity contribution is -0.118. The van der Waals surface area contributed by atoms with Gasteiger partial charge in [-0.1, -0.05) is 66.9 Å². The predicted molar refractivity (Wildman–Crippen MR) is 138 cm³/mol. The summed E-state index contributed by atoms with van der Waals surface area (Å²) in [6.07, 6.45) is 7.41. The van der Waals surface area contributed by atoms with Gasteiger partial charge in [-0.3, -0.25) is 9.36 Å². The van der Waals surface area contributed by atoms with Crippen LogP contribution >= 0.6 is 11.8 Å². The first kappa shape index (κ1) is 24.8. The lowest BCUT2D eigenvalue weighted by Gasteiger charge is -2.25. The van der Waals surface area contributed by atoms with Crippen molar-refractivity contribution < 1.29 is 14.3 Å². The van der Waals surface area contributed by atoms with Crippen molar-refractivity contribution in [3.05, 3.63) is 53.6 Å². The number of carbonyl (C=O) groups is 1. The van der Waals surface area contributed by atoms with Crippen molar-refractivity contribution >= 4 is 23.9 Å². The molecule has 2 aromatic carbocycles. The van der Waals surface area contributed by atoms with Gasteiger partial charge in [0.05, 0.1) is 26.2 Å². The third kappa shape index (κ3) is 6.03. The number of nitrogens with zero attached hydrogens (tertiary/aromatic N) is 4. The van der Waals surface area contributed by atoms with Crippen molar-refractivity contribution in [2.75, 3.05) is 20.0 Å². The molecule has 0 spiro atoms. The van der Waals surface area contributed by atoms with Gasteiger partial charge in [-0.2, -0.15) is 5.10 Å². The van der Waals surface area contributed by atoms with Crippen LogP contribution in [0, 0.1) is 6.92 Å². The lowest BCUT2D eigenvalue weighted by Crippen LogP contribution is -2.20. The van der Waals surface area contributed by atoms with Crippen molar-refractivity contribution in [3.63, 3.8) is 0 Å². The number of aromatic nitrogens is 3. The highest BCUT2D eigenvalue weighted by Crippen LogP contribution is 2.35. The Bertz CT molecular complexity index is 1170. The third-order valence-corrected chi connectivity index (χ3v) is 7.02. The molecule has 1 saturated carbocycles. The van der Waals surface area contributed by atoms with E-state index >= 15 is 0 Å². The van der Waals surface area contributed by atoms with Gasteiger partial charge in [0.1, 0.15) is 0 Å². The second-order valence-electron chi connectivity index (χ2n) is 8.50. The number of thioether (sulfide) groups is 1. The minimum atomic E-state index is -0.219. The van der Waals surface area contributed by atoms with Gasteiger partial charge in [-0.05, 0) is 31.9 Å². The second-order valence-corrected chi connectivity index (χ2v) is 9.44. The molecule has 3 aromatic rings. The molecule has 0 saturated heterocycles. The summed E-state index contributed by atoms with van der Waals surface area (Å²) in [7, 11) is 3.14. The van der Waals surface area contributed by atoms with Gasteiger partial charge in [-0.25, -0.2) is 5.43 Å². The van der Waals surface area contributed by atoms with E-state index in [4.69, 9.17) is 9.47 Å². The van der Waals surface area contributed by atoms with Crippen molar-refractivity contribution in [1.82, 2.24) is 20.2 Å². The maximum absolute atomic E-state index is 12.5. The summed E-state index contributed by atoms with van der Waals surface area (Å²) >= 11 is 1.39. The molecule has 0 bridgehead atoms. The van der Waals surface area contributed by atoms with Crippen LogP contribution < -0.4 is 14.9 Å². The topological polar surface area (TPSA) is 90.6 Å². The fourth-order valence-corrected chi connectivity index (χ4v) is 5.09. The number of hydrogen-bond donors (Lipinski definition) is 1. The third-order valence-electron chi connectivity index (χ3n) is 6.07. The number of carbonyl (C=O) groups excluding carboxylic acids is 1. The number of hydrazone groups is 1. The molecular weight excluding hydrogens is 462 g/mol. The summed E-state index contributed by atoms with van der Waals surface area (Å²) < 4.78 is 12.9. The van der Waals surface area contributed by atoms with Gasteiger partial charge >= 0.3 is 0 Å². The van der Waals surface area contributed by atoms with E-state index in [1.807, 2.05) is 12.1 Å². The number of rotatable bonds is 9. The molecule has 0 unspecified atom stereocenters.